The largest absolute Gasteiger partial charge is 0.366 e. The summed E-state index contributed by atoms with van der Waals surface area (Å²) in [7, 11) is 0. The molecule has 1 aromatic carbocycles. The summed E-state index contributed by atoms with van der Waals surface area (Å²) >= 11 is 6.06. The van der Waals surface area contributed by atoms with Crippen LogP contribution < -0.4 is 11.5 Å². The number of benzene rings is 1. The molecule has 1 aliphatic heterocycles. The topological polar surface area (TPSA) is 114 Å². The maximum atomic E-state index is 11.9. The maximum absolute atomic E-state index is 11.9. The Bertz CT molecular complexity index is 634. The third kappa shape index (κ3) is 4.13. The van der Waals surface area contributed by atoms with Gasteiger partial charge in [0.05, 0.1) is 24.3 Å². The Balaban J connectivity index is 2.50. The first-order chi connectivity index (χ1) is 11.3. The van der Waals surface area contributed by atoms with Gasteiger partial charge in [0.25, 0.3) is 18.3 Å². The van der Waals surface area contributed by atoms with Crippen LogP contribution in [-0.2, 0) is 14.2 Å². The molecule has 0 aromatic heterocycles. The summed E-state index contributed by atoms with van der Waals surface area (Å²) in [5.41, 5.74) is 12.4. The Morgan fingerprint density at radius 1 is 1.04 bits per heavy atom. The van der Waals surface area contributed by atoms with Gasteiger partial charge in [0.1, 0.15) is 0 Å². The van der Waals surface area contributed by atoms with Crippen LogP contribution in [-0.4, -0.2) is 38.1 Å². The zero-order valence-corrected chi connectivity index (χ0v) is 19.1. The van der Waals surface area contributed by atoms with Crippen molar-refractivity contribution in [1.29, 1.82) is 0 Å². The van der Waals surface area contributed by atoms with Gasteiger partial charge in [-0.25, -0.2) is 0 Å². The van der Waals surface area contributed by atoms with Crippen LogP contribution in [0.1, 0.15) is 39.1 Å². The van der Waals surface area contributed by atoms with Crippen LogP contribution in [0.2, 0.25) is 0 Å². The Hall–Kier alpha value is 0.230. The van der Waals surface area contributed by atoms with Gasteiger partial charge in [0.2, 0.25) is 0 Å². The van der Waals surface area contributed by atoms with E-state index in [2.05, 4.69) is 45.2 Å². The summed E-state index contributed by atoms with van der Waals surface area (Å²) in [6, 6.07) is 0. The van der Waals surface area contributed by atoms with Crippen molar-refractivity contribution < 1.29 is 23.8 Å². The molecule has 0 atom stereocenters. The quantitative estimate of drug-likeness (QED) is 0.466. The minimum atomic E-state index is -0.698. The fraction of sp³-hybridized carbons (Fsp3) is 0.429. The lowest BCUT2D eigenvalue weighted by atomic mass is 9.95. The summed E-state index contributed by atoms with van der Waals surface area (Å²) in [6.45, 7) is 2.31. The second kappa shape index (κ2) is 8.75. The molecule has 10 heteroatoms. The molecule has 1 heterocycles. The number of halogens is 3. The average molecular weight is 672 g/mol. The second-order valence-corrected chi connectivity index (χ2v) is 8.18. The van der Waals surface area contributed by atoms with Gasteiger partial charge < -0.3 is 25.7 Å². The third-order valence-electron chi connectivity index (χ3n) is 3.42. The normalized spacial score (nSPS) is 20.8. The number of carbonyl (C=O) groups is 2. The van der Waals surface area contributed by atoms with Crippen molar-refractivity contribution in [2.45, 2.75) is 19.3 Å². The number of rotatable bonds is 5. The summed E-state index contributed by atoms with van der Waals surface area (Å²) < 4.78 is 18.2. The predicted molar refractivity (Wildman–Crippen MR) is 112 cm³/mol. The zero-order chi connectivity index (χ0) is 18.0. The van der Waals surface area contributed by atoms with E-state index in [1.807, 2.05) is 29.5 Å². The Kier molecular flexibility index (Phi) is 7.49. The van der Waals surface area contributed by atoms with E-state index in [1.54, 1.807) is 0 Å². The highest BCUT2D eigenvalue weighted by Gasteiger charge is 2.32. The number of primary amides is 2. The van der Waals surface area contributed by atoms with E-state index in [0.29, 0.717) is 41.7 Å². The minimum absolute atomic E-state index is 0.159. The first-order valence-corrected chi connectivity index (χ1v) is 10.2. The van der Waals surface area contributed by atoms with Crippen LogP contribution in [0.4, 0.5) is 0 Å². The number of amides is 2. The van der Waals surface area contributed by atoms with Crippen LogP contribution in [0.15, 0.2) is 0 Å². The average Bonchev–Trinajstić information content (AvgIpc) is 2.48. The van der Waals surface area contributed by atoms with Gasteiger partial charge in [-0.1, -0.05) is 0 Å². The Labute approximate surface area is 179 Å². The molecule has 1 aliphatic rings. The standard InChI is InChI=1S/C14H15I3N2O5/c1-2-22-14-23-3-5(4-24-14)6-9(15)7(12(18)20)11(17)8(10(6)16)13(19)21/h5,14H,2-4H2,1H3,(H2,18,20)(H2,19,21). The van der Waals surface area contributed by atoms with Gasteiger partial charge in [-0.2, -0.15) is 0 Å². The smallest absolute Gasteiger partial charge is 0.271 e. The summed E-state index contributed by atoms with van der Waals surface area (Å²) in [6.07, 6.45) is 0. The van der Waals surface area contributed by atoms with E-state index in [0.717, 1.165) is 5.56 Å². The van der Waals surface area contributed by atoms with E-state index < -0.39 is 18.3 Å². The lowest BCUT2D eigenvalue weighted by Gasteiger charge is -2.31. The summed E-state index contributed by atoms with van der Waals surface area (Å²) in [4.78, 5) is 23.8. The molecule has 2 amide bonds. The molecule has 0 spiro atoms. The SMILES string of the molecule is CCOC1OCC(c2c(I)c(C(N)=O)c(I)c(C(N)=O)c2I)CO1. The molecule has 7 nitrogen and oxygen atoms in total. The predicted octanol–water partition coefficient (Wildman–Crippen LogP) is 2.15. The molecule has 4 N–H and O–H groups in total. The van der Waals surface area contributed by atoms with Gasteiger partial charge in [-0.3, -0.25) is 9.59 Å². The fourth-order valence-corrected chi connectivity index (χ4v) is 7.47. The van der Waals surface area contributed by atoms with Gasteiger partial charge in [0.15, 0.2) is 0 Å². The second-order valence-electron chi connectivity index (χ2n) is 4.94. The molecule has 0 aliphatic carbocycles. The first-order valence-electron chi connectivity index (χ1n) is 6.94. The van der Waals surface area contributed by atoms with Crippen LogP contribution in [0.3, 0.4) is 0 Å². The molecule has 2 rings (SSSR count). The molecular formula is C14H15I3N2O5. The van der Waals surface area contributed by atoms with Gasteiger partial charge >= 0.3 is 0 Å². The van der Waals surface area contributed by atoms with Crippen molar-refractivity contribution in [3.8, 4) is 0 Å². The number of nitrogens with two attached hydrogens (primary N) is 2. The monoisotopic (exact) mass is 672 g/mol. The highest BCUT2D eigenvalue weighted by atomic mass is 127. The van der Waals surface area contributed by atoms with E-state index in [9.17, 15) is 9.59 Å². The molecule has 0 radical (unpaired) electrons. The van der Waals surface area contributed by atoms with Crippen LogP contribution in [0.5, 0.6) is 0 Å². The van der Waals surface area contributed by atoms with Crippen molar-refractivity contribution in [2.24, 2.45) is 11.5 Å². The van der Waals surface area contributed by atoms with E-state index in [-0.39, 0.29) is 5.92 Å². The Morgan fingerprint density at radius 2 is 1.50 bits per heavy atom. The number of carbonyl (C=O) groups excluding carboxylic acids is 2. The molecule has 0 saturated carbocycles. The van der Waals surface area contributed by atoms with Crippen molar-refractivity contribution in [3.63, 3.8) is 0 Å². The molecule has 24 heavy (non-hydrogen) atoms. The number of hydrogen-bond donors (Lipinski definition) is 2. The lowest BCUT2D eigenvalue weighted by molar-refractivity contribution is -0.313. The molecular weight excluding hydrogens is 657 g/mol. The van der Waals surface area contributed by atoms with Gasteiger partial charge in [-0.05, 0) is 80.3 Å². The van der Waals surface area contributed by atoms with Crippen molar-refractivity contribution in [2.75, 3.05) is 19.8 Å². The maximum Gasteiger partial charge on any atom is 0.271 e. The van der Waals surface area contributed by atoms with Crippen LogP contribution >= 0.6 is 67.8 Å². The first kappa shape index (κ1) is 20.5. The number of hydrogen-bond acceptors (Lipinski definition) is 5. The molecule has 0 unspecified atom stereocenters. The molecule has 1 aromatic rings. The molecule has 1 saturated heterocycles. The minimum Gasteiger partial charge on any atom is -0.366 e. The molecule has 1 fully saturated rings. The zero-order valence-electron chi connectivity index (χ0n) is 12.6. The van der Waals surface area contributed by atoms with Gasteiger partial charge in [0, 0.05) is 23.2 Å². The van der Waals surface area contributed by atoms with E-state index in [4.69, 9.17) is 25.7 Å². The van der Waals surface area contributed by atoms with Crippen molar-refractivity contribution in [3.05, 3.63) is 27.4 Å². The number of ether oxygens (including phenoxy) is 3. The lowest BCUT2D eigenvalue weighted by Crippen LogP contribution is -2.34. The molecule has 0 bridgehead atoms. The van der Waals surface area contributed by atoms with Crippen LogP contribution in [0, 0.1) is 10.7 Å². The third-order valence-corrected chi connectivity index (χ3v) is 6.74. The Morgan fingerprint density at radius 3 is 1.88 bits per heavy atom. The highest BCUT2D eigenvalue weighted by Crippen LogP contribution is 2.37. The summed E-state index contributed by atoms with van der Waals surface area (Å²) in [5, 5.41) is 0. The van der Waals surface area contributed by atoms with Gasteiger partial charge in [-0.15, -0.1) is 0 Å². The summed E-state index contributed by atoms with van der Waals surface area (Å²) in [5.74, 6) is -1.36. The van der Waals surface area contributed by atoms with Crippen molar-refractivity contribution in [1.82, 2.24) is 0 Å². The molecule has 132 valence electrons. The van der Waals surface area contributed by atoms with Crippen molar-refractivity contribution >= 4 is 79.6 Å². The van der Waals surface area contributed by atoms with Crippen LogP contribution in [0.25, 0.3) is 0 Å². The fourth-order valence-electron chi connectivity index (χ4n) is 2.36. The van der Waals surface area contributed by atoms with E-state index >= 15 is 0 Å². The van der Waals surface area contributed by atoms with E-state index in [1.165, 1.54) is 0 Å². The highest BCUT2D eigenvalue weighted by molar-refractivity contribution is 14.1.